The van der Waals surface area contributed by atoms with Crippen molar-refractivity contribution in [2.45, 2.75) is 66.7 Å². The molecule has 1 atom stereocenters. The maximum atomic E-state index is 13.3. The summed E-state index contributed by atoms with van der Waals surface area (Å²) in [6, 6.07) is 8.39. The quantitative estimate of drug-likeness (QED) is 0.297. The number of carbonyl (C=O) groups is 4. The smallest absolute Gasteiger partial charge is 0.295 e. The van der Waals surface area contributed by atoms with Crippen LogP contribution in [-0.4, -0.2) is 49.6 Å². The number of nitrogens with one attached hydrogen (secondary N) is 1. The fraction of sp³-hybridized carbons (Fsp3) is 0.360. The molecule has 0 bridgehead atoms. The maximum Gasteiger partial charge on any atom is 0.297 e. The molecule has 1 saturated heterocycles. The van der Waals surface area contributed by atoms with Gasteiger partial charge in [0.25, 0.3) is 21.9 Å². The highest BCUT2D eigenvalue weighted by atomic mass is 32.2. The average Bonchev–Trinajstić information content (AvgIpc) is 3.09. The summed E-state index contributed by atoms with van der Waals surface area (Å²) < 4.78 is 30.5. The van der Waals surface area contributed by atoms with Crippen LogP contribution in [-0.2, 0) is 23.9 Å². The van der Waals surface area contributed by atoms with Crippen molar-refractivity contribution in [3.05, 3.63) is 53.1 Å². The van der Waals surface area contributed by atoms with Crippen molar-refractivity contribution in [2.24, 2.45) is 0 Å². The Labute approximate surface area is 213 Å². The van der Waals surface area contributed by atoms with E-state index in [0.29, 0.717) is 16.2 Å². The zero-order chi connectivity index (χ0) is 26.0. The predicted molar refractivity (Wildman–Crippen MR) is 131 cm³/mol. The number of rotatable bonds is 9. The molecule has 11 heteroatoms. The van der Waals surface area contributed by atoms with Gasteiger partial charge in [-0.15, -0.1) is 0 Å². The summed E-state index contributed by atoms with van der Waals surface area (Å²) in [5, 5.41) is 2.18. The molecule has 2 aromatic rings. The normalized spacial score (nSPS) is 17.9. The van der Waals surface area contributed by atoms with Crippen molar-refractivity contribution < 1.29 is 31.8 Å². The number of nitrogens with zero attached hydrogens (tertiary/aromatic N) is 1. The van der Waals surface area contributed by atoms with Crippen LogP contribution in [0.5, 0.6) is 0 Å². The molecular weight excluding hydrogens is 504 g/mol. The number of piperidine rings is 1. The van der Waals surface area contributed by atoms with E-state index in [1.807, 2.05) is 13.8 Å². The summed E-state index contributed by atoms with van der Waals surface area (Å²) in [5.74, 6) is -2.33. The minimum Gasteiger partial charge on any atom is -0.295 e. The molecule has 1 N–H and O–H groups in total. The van der Waals surface area contributed by atoms with E-state index in [0.717, 1.165) is 35.1 Å². The molecule has 2 heterocycles. The summed E-state index contributed by atoms with van der Waals surface area (Å²) in [6.07, 6.45) is 2.55. The number of hydrogen-bond donors (Lipinski definition) is 1. The molecule has 9 nitrogen and oxygen atoms in total. The molecule has 0 radical (unpaired) electrons. The third kappa shape index (κ3) is 5.09. The minimum atomic E-state index is -3.95. The average molecular weight is 531 g/mol. The topological polar surface area (TPSA) is 127 Å². The molecule has 1 fully saturated rings. The van der Waals surface area contributed by atoms with Gasteiger partial charge in [-0.05, 0) is 49.6 Å². The summed E-state index contributed by atoms with van der Waals surface area (Å²) >= 11 is 1.16. The Bertz CT molecular complexity index is 1350. The Hall–Kier alpha value is -3.02. The van der Waals surface area contributed by atoms with Crippen molar-refractivity contribution in [2.75, 3.05) is 6.61 Å². The molecule has 2 aromatic carbocycles. The van der Waals surface area contributed by atoms with Gasteiger partial charge in [0.15, 0.2) is 0 Å². The molecule has 0 spiro atoms. The van der Waals surface area contributed by atoms with Crippen molar-refractivity contribution in [3.63, 3.8) is 0 Å². The summed E-state index contributed by atoms with van der Waals surface area (Å²) in [7, 11) is -3.95. The van der Waals surface area contributed by atoms with E-state index in [1.165, 1.54) is 18.2 Å². The second-order valence-electron chi connectivity index (χ2n) is 8.64. The maximum absolute atomic E-state index is 13.3. The second-order valence-corrected chi connectivity index (χ2v) is 11.3. The van der Waals surface area contributed by atoms with E-state index in [1.54, 1.807) is 18.2 Å². The van der Waals surface area contributed by atoms with Gasteiger partial charge in [-0.3, -0.25) is 33.6 Å². The number of imide groups is 2. The fourth-order valence-electron chi connectivity index (χ4n) is 4.12. The van der Waals surface area contributed by atoms with Gasteiger partial charge < -0.3 is 0 Å². The van der Waals surface area contributed by atoms with Crippen LogP contribution in [0.4, 0.5) is 0 Å². The van der Waals surface area contributed by atoms with Gasteiger partial charge >= 0.3 is 0 Å². The number of benzene rings is 2. The monoisotopic (exact) mass is 530 g/mol. The van der Waals surface area contributed by atoms with Crippen LogP contribution in [0.3, 0.4) is 0 Å². The molecule has 190 valence electrons. The van der Waals surface area contributed by atoms with Crippen LogP contribution in [0, 0.1) is 6.92 Å². The van der Waals surface area contributed by atoms with Gasteiger partial charge in [-0.2, -0.15) is 8.42 Å². The van der Waals surface area contributed by atoms with Crippen LogP contribution in [0.1, 0.15) is 65.3 Å². The molecule has 36 heavy (non-hydrogen) atoms. The van der Waals surface area contributed by atoms with Gasteiger partial charge in [-0.25, -0.2) is 0 Å². The van der Waals surface area contributed by atoms with E-state index in [2.05, 4.69) is 5.32 Å². The van der Waals surface area contributed by atoms with Crippen LogP contribution in [0.2, 0.25) is 0 Å². The first kappa shape index (κ1) is 26.1. The number of carbonyl (C=O) groups excluding carboxylic acids is 4. The lowest BCUT2D eigenvalue weighted by atomic mass is 10.0. The van der Waals surface area contributed by atoms with Gasteiger partial charge in [0, 0.05) is 16.2 Å². The van der Waals surface area contributed by atoms with E-state index < -0.39 is 39.8 Å². The summed E-state index contributed by atoms with van der Waals surface area (Å²) in [4.78, 5) is 52.2. The van der Waals surface area contributed by atoms with Gasteiger partial charge in [0.1, 0.15) is 6.04 Å². The Morgan fingerprint density at radius 2 is 1.83 bits per heavy atom. The van der Waals surface area contributed by atoms with Crippen molar-refractivity contribution in [3.8, 4) is 0 Å². The van der Waals surface area contributed by atoms with Crippen LogP contribution < -0.4 is 5.32 Å². The first-order valence-electron chi connectivity index (χ1n) is 11.7. The molecule has 0 saturated carbocycles. The molecule has 0 aromatic heterocycles. The number of unbranched alkanes of at least 4 members (excludes halogenated alkanes) is 2. The van der Waals surface area contributed by atoms with Crippen molar-refractivity contribution in [1.82, 2.24) is 10.2 Å². The van der Waals surface area contributed by atoms with Crippen LogP contribution in [0.15, 0.2) is 51.1 Å². The van der Waals surface area contributed by atoms with Crippen molar-refractivity contribution >= 4 is 45.5 Å². The number of hydrogen-bond acceptors (Lipinski definition) is 8. The lowest BCUT2D eigenvalue weighted by molar-refractivity contribution is -0.136. The number of amides is 4. The first-order valence-corrected chi connectivity index (χ1v) is 13.9. The highest BCUT2D eigenvalue weighted by Crippen LogP contribution is 2.39. The second kappa shape index (κ2) is 10.5. The number of fused-ring (bicyclic) bond motifs is 1. The summed E-state index contributed by atoms with van der Waals surface area (Å²) in [6.45, 7) is 3.93. The summed E-state index contributed by atoms with van der Waals surface area (Å²) in [5.41, 5.74) is 1.09. The molecule has 1 unspecified atom stereocenters. The zero-order valence-electron chi connectivity index (χ0n) is 19.9. The van der Waals surface area contributed by atoms with Gasteiger partial charge in [0.05, 0.1) is 22.6 Å². The van der Waals surface area contributed by atoms with E-state index in [9.17, 15) is 27.6 Å². The third-order valence-electron chi connectivity index (χ3n) is 6.08. The van der Waals surface area contributed by atoms with Gasteiger partial charge in [-0.1, -0.05) is 43.7 Å². The third-order valence-corrected chi connectivity index (χ3v) is 8.61. The lowest BCUT2D eigenvalue weighted by Crippen LogP contribution is -2.54. The molecule has 4 rings (SSSR count). The van der Waals surface area contributed by atoms with E-state index in [4.69, 9.17) is 4.18 Å². The Morgan fingerprint density at radius 1 is 1.06 bits per heavy atom. The Balaban J connectivity index is 1.62. The fourth-order valence-corrected chi connectivity index (χ4v) is 6.26. The largest absolute Gasteiger partial charge is 0.297 e. The van der Waals surface area contributed by atoms with E-state index in [-0.39, 0.29) is 35.5 Å². The zero-order valence-corrected chi connectivity index (χ0v) is 21.5. The van der Waals surface area contributed by atoms with Gasteiger partial charge in [0.2, 0.25) is 11.8 Å². The van der Waals surface area contributed by atoms with Crippen LogP contribution in [0.25, 0.3) is 0 Å². The predicted octanol–water partition coefficient (Wildman–Crippen LogP) is 3.44. The van der Waals surface area contributed by atoms with Crippen molar-refractivity contribution in [1.29, 1.82) is 0 Å². The molecular formula is C25H26N2O7S2. The standard InChI is InChI=1S/C25H26N2O7S2/c1-3-4-5-13-34-36(32,33)16-10-9-15(2)20(14-16)35-19-8-6-7-17-22(19)25(31)27(24(17)30)18-11-12-21(28)26-23(18)29/h6-10,14,18H,3-5,11-13H2,1-2H3,(H,26,28,29). The molecule has 4 amide bonds. The highest BCUT2D eigenvalue weighted by Gasteiger charge is 2.45. The Morgan fingerprint density at radius 3 is 2.56 bits per heavy atom. The lowest BCUT2D eigenvalue weighted by Gasteiger charge is -2.27. The molecule has 2 aliphatic rings. The Kier molecular flexibility index (Phi) is 7.62. The minimum absolute atomic E-state index is 0.00671. The first-order chi connectivity index (χ1) is 17.1. The SMILES string of the molecule is CCCCCOS(=O)(=O)c1ccc(C)c(Sc2cccc3c2C(=O)N(C2CCC(=O)NC2=O)C3=O)c1. The highest BCUT2D eigenvalue weighted by molar-refractivity contribution is 7.99. The van der Waals surface area contributed by atoms with Crippen LogP contribution >= 0.6 is 11.8 Å². The van der Waals surface area contributed by atoms with E-state index >= 15 is 0 Å². The number of aryl methyl sites for hydroxylation is 1. The molecule has 2 aliphatic heterocycles. The molecule has 0 aliphatic carbocycles.